The highest BCUT2D eigenvalue weighted by atomic mass is 16.5. The molecule has 0 aliphatic rings. The normalized spacial score (nSPS) is 11.0. The molecule has 1 amide bonds. The summed E-state index contributed by atoms with van der Waals surface area (Å²) in [5, 5.41) is 15.5. The summed E-state index contributed by atoms with van der Waals surface area (Å²) in [5.74, 6) is 0.706. The first-order chi connectivity index (χ1) is 16.1. The van der Waals surface area contributed by atoms with Crippen molar-refractivity contribution in [2.75, 3.05) is 19.0 Å². The summed E-state index contributed by atoms with van der Waals surface area (Å²) in [6, 6.07) is 23.7. The van der Waals surface area contributed by atoms with E-state index in [1.165, 1.54) is 7.11 Å². The third-order valence-corrected chi connectivity index (χ3v) is 5.15. The van der Waals surface area contributed by atoms with E-state index in [1.807, 2.05) is 61.5 Å². The van der Waals surface area contributed by atoms with E-state index in [-0.39, 0.29) is 11.3 Å². The summed E-state index contributed by atoms with van der Waals surface area (Å²) >= 11 is 0. The number of nitrogens with zero attached hydrogens (tertiary/aromatic N) is 1. The lowest BCUT2D eigenvalue weighted by Crippen LogP contribution is -2.13. The Morgan fingerprint density at radius 1 is 1.03 bits per heavy atom. The molecule has 0 heterocycles. The monoisotopic (exact) mass is 440 g/mol. The van der Waals surface area contributed by atoms with Gasteiger partial charge in [0.05, 0.1) is 30.7 Å². The number of aromatic hydroxyl groups is 1. The number of carbonyl (C=O) groups is 1. The van der Waals surface area contributed by atoms with Crippen molar-refractivity contribution in [3.05, 3.63) is 90.0 Å². The van der Waals surface area contributed by atoms with Crippen LogP contribution in [0.1, 0.15) is 22.8 Å². The van der Waals surface area contributed by atoms with Gasteiger partial charge in [0, 0.05) is 11.8 Å². The summed E-state index contributed by atoms with van der Waals surface area (Å²) < 4.78 is 10.8. The van der Waals surface area contributed by atoms with Crippen LogP contribution in [-0.4, -0.2) is 30.9 Å². The van der Waals surface area contributed by atoms with Crippen LogP contribution < -0.4 is 14.8 Å². The van der Waals surface area contributed by atoms with Crippen LogP contribution in [0.15, 0.2) is 83.9 Å². The van der Waals surface area contributed by atoms with Gasteiger partial charge in [0.15, 0.2) is 0 Å². The number of amides is 1. The number of hydrogen-bond donors (Lipinski definition) is 2. The first-order valence-electron chi connectivity index (χ1n) is 10.6. The number of fused-ring (bicyclic) bond motifs is 1. The number of hydrogen-bond acceptors (Lipinski definition) is 5. The molecule has 0 aromatic heterocycles. The van der Waals surface area contributed by atoms with Crippen LogP contribution in [0, 0.1) is 0 Å². The smallest absolute Gasteiger partial charge is 0.259 e. The van der Waals surface area contributed by atoms with Crippen molar-refractivity contribution in [2.24, 2.45) is 4.99 Å². The van der Waals surface area contributed by atoms with Gasteiger partial charge in [-0.15, -0.1) is 0 Å². The van der Waals surface area contributed by atoms with Gasteiger partial charge in [-0.25, -0.2) is 0 Å². The largest absolute Gasteiger partial charge is 0.506 e. The molecule has 6 nitrogen and oxygen atoms in total. The molecule has 0 bridgehead atoms. The highest BCUT2D eigenvalue weighted by Gasteiger charge is 2.18. The van der Waals surface area contributed by atoms with E-state index in [2.05, 4.69) is 10.3 Å². The number of methoxy groups -OCH3 is 1. The summed E-state index contributed by atoms with van der Waals surface area (Å²) in [6.45, 7) is 2.52. The lowest BCUT2D eigenvalue weighted by Gasteiger charge is -2.13. The fraction of sp³-hybridized carbons (Fsp3) is 0.111. The number of phenols is 1. The molecule has 4 rings (SSSR count). The Morgan fingerprint density at radius 3 is 2.52 bits per heavy atom. The molecule has 0 saturated carbocycles. The minimum Gasteiger partial charge on any atom is -0.506 e. The van der Waals surface area contributed by atoms with Gasteiger partial charge in [-0.1, -0.05) is 36.4 Å². The van der Waals surface area contributed by atoms with E-state index in [1.54, 1.807) is 30.5 Å². The fourth-order valence-corrected chi connectivity index (χ4v) is 3.54. The molecule has 4 aromatic rings. The number of rotatable bonds is 7. The quantitative estimate of drug-likeness (QED) is 0.348. The second-order valence-corrected chi connectivity index (χ2v) is 7.25. The van der Waals surface area contributed by atoms with Crippen molar-refractivity contribution in [3.8, 4) is 17.2 Å². The Bertz CT molecular complexity index is 1310. The zero-order valence-electron chi connectivity index (χ0n) is 18.4. The first-order valence-corrected chi connectivity index (χ1v) is 10.6. The van der Waals surface area contributed by atoms with Crippen molar-refractivity contribution >= 4 is 34.3 Å². The lowest BCUT2D eigenvalue weighted by molar-refractivity contribution is 0.102. The maximum atomic E-state index is 13.1. The summed E-state index contributed by atoms with van der Waals surface area (Å²) in [4.78, 5) is 17.6. The maximum Gasteiger partial charge on any atom is 0.259 e. The molecule has 0 fully saturated rings. The highest BCUT2D eigenvalue weighted by molar-refractivity contribution is 6.13. The minimum atomic E-state index is -0.446. The first kappa shape index (κ1) is 21.9. The predicted octanol–water partition coefficient (Wildman–Crippen LogP) is 5.96. The fourth-order valence-electron chi connectivity index (χ4n) is 3.54. The minimum absolute atomic E-state index is 0.143. The number of nitrogens with one attached hydrogen (secondary N) is 1. The second-order valence-electron chi connectivity index (χ2n) is 7.25. The van der Waals surface area contributed by atoms with Gasteiger partial charge in [-0.3, -0.25) is 9.79 Å². The van der Waals surface area contributed by atoms with Gasteiger partial charge in [0.25, 0.3) is 5.91 Å². The standard InChI is InChI=1S/C27H24N2O4/c1-3-33-20-14-12-19(13-15-20)28-17-23-21-9-5-4-8-18(21)16-22(26(23)30)27(31)29-24-10-6-7-11-25(24)32-2/h4-17,30H,3H2,1-2H3,(H,29,31). The molecular weight excluding hydrogens is 416 g/mol. The van der Waals surface area contributed by atoms with E-state index in [0.29, 0.717) is 29.3 Å². The van der Waals surface area contributed by atoms with Crippen LogP contribution in [0.4, 0.5) is 11.4 Å². The molecule has 0 saturated heterocycles. The third kappa shape index (κ3) is 4.80. The Kier molecular flexibility index (Phi) is 6.55. The van der Waals surface area contributed by atoms with E-state index >= 15 is 0 Å². The average molecular weight is 440 g/mol. The van der Waals surface area contributed by atoms with E-state index in [9.17, 15) is 9.90 Å². The Labute approximate surface area is 192 Å². The Balaban J connectivity index is 1.72. The van der Waals surface area contributed by atoms with E-state index < -0.39 is 5.91 Å². The number of para-hydroxylation sites is 2. The van der Waals surface area contributed by atoms with Gasteiger partial charge in [-0.05, 0) is 60.2 Å². The van der Waals surface area contributed by atoms with Crippen LogP contribution in [0.2, 0.25) is 0 Å². The molecule has 6 heteroatoms. The molecular formula is C27H24N2O4. The summed E-state index contributed by atoms with van der Waals surface area (Å²) in [6.07, 6.45) is 1.58. The topological polar surface area (TPSA) is 80.2 Å². The number of anilines is 1. The number of ether oxygens (including phenoxy) is 2. The third-order valence-electron chi connectivity index (χ3n) is 5.15. The number of benzene rings is 4. The van der Waals surface area contributed by atoms with Crippen LogP contribution in [0.25, 0.3) is 10.8 Å². The van der Waals surface area contributed by atoms with Crippen molar-refractivity contribution in [1.82, 2.24) is 0 Å². The van der Waals surface area contributed by atoms with Gasteiger partial charge < -0.3 is 19.9 Å². The zero-order chi connectivity index (χ0) is 23.2. The Hall–Kier alpha value is -4.32. The molecule has 33 heavy (non-hydrogen) atoms. The molecule has 0 atom stereocenters. The van der Waals surface area contributed by atoms with Crippen LogP contribution in [0.5, 0.6) is 17.2 Å². The zero-order valence-corrected chi connectivity index (χ0v) is 18.4. The lowest BCUT2D eigenvalue weighted by atomic mass is 9.99. The molecule has 0 aliphatic carbocycles. The van der Waals surface area contributed by atoms with Gasteiger partial charge in [0.1, 0.15) is 17.2 Å². The number of carbonyl (C=O) groups excluding carboxylic acids is 1. The highest BCUT2D eigenvalue weighted by Crippen LogP contribution is 2.32. The Morgan fingerprint density at radius 2 is 1.76 bits per heavy atom. The molecule has 2 N–H and O–H groups in total. The van der Waals surface area contributed by atoms with Gasteiger partial charge >= 0.3 is 0 Å². The van der Waals surface area contributed by atoms with Crippen molar-refractivity contribution < 1.29 is 19.4 Å². The van der Waals surface area contributed by atoms with Crippen LogP contribution in [-0.2, 0) is 0 Å². The van der Waals surface area contributed by atoms with Crippen LogP contribution in [0.3, 0.4) is 0 Å². The second kappa shape index (κ2) is 9.87. The molecule has 0 aliphatic heterocycles. The van der Waals surface area contributed by atoms with E-state index in [0.717, 1.165) is 16.5 Å². The van der Waals surface area contributed by atoms with Crippen LogP contribution >= 0.6 is 0 Å². The predicted molar refractivity (Wildman–Crippen MR) is 131 cm³/mol. The molecule has 4 aromatic carbocycles. The molecule has 0 unspecified atom stereocenters. The van der Waals surface area contributed by atoms with Crippen molar-refractivity contribution in [2.45, 2.75) is 6.92 Å². The van der Waals surface area contributed by atoms with Gasteiger partial charge in [0.2, 0.25) is 0 Å². The summed E-state index contributed by atoms with van der Waals surface area (Å²) in [5.41, 5.74) is 1.83. The summed E-state index contributed by atoms with van der Waals surface area (Å²) in [7, 11) is 1.54. The molecule has 0 radical (unpaired) electrons. The van der Waals surface area contributed by atoms with Gasteiger partial charge in [-0.2, -0.15) is 0 Å². The van der Waals surface area contributed by atoms with Crippen molar-refractivity contribution in [1.29, 1.82) is 0 Å². The number of phenolic OH excluding ortho intramolecular Hbond substituents is 1. The number of aliphatic imine (C=N–C) groups is 1. The van der Waals surface area contributed by atoms with Crippen molar-refractivity contribution in [3.63, 3.8) is 0 Å². The van der Waals surface area contributed by atoms with E-state index in [4.69, 9.17) is 9.47 Å². The SMILES string of the molecule is CCOc1ccc(N=Cc2c(O)c(C(=O)Nc3ccccc3OC)cc3ccccc23)cc1. The maximum absolute atomic E-state index is 13.1. The molecule has 0 spiro atoms. The average Bonchev–Trinajstić information content (AvgIpc) is 2.84. The molecule has 166 valence electrons.